The van der Waals surface area contributed by atoms with Crippen molar-refractivity contribution < 1.29 is 0 Å². The molecule has 0 spiro atoms. The first-order valence-electron chi connectivity index (χ1n) is 8.46. The Kier molecular flexibility index (Phi) is 5.45. The number of rotatable bonds is 4. The van der Waals surface area contributed by atoms with E-state index in [0.29, 0.717) is 6.04 Å². The van der Waals surface area contributed by atoms with Crippen molar-refractivity contribution in [1.29, 1.82) is 0 Å². The van der Waals surface area contributed by atoms with Crippen LogP contribution in [0.4, 0.5) is 0 Å². The molecule has 0 amide bonds. The van der Waals surface area contributed by atoms with Crippen molar-refractivity contribution in [3.63, 3.8) is 0 Å². The SMILES string of the molecule is CC(c1ccc(C(C)(C)C)cc1)N1CCCC(CCN)C1. The minimum atomic E-state index is 0.235. The normalized spacial score (nSPS) is 22.2. The highest BCUT2D eigenvalue weighted by molar-refractivity contribution is 5.29. The predicted molar refractivity (Wildman–Crippen MR) is 91.5 cm³/mol. The number of benzene rings is 1. The molecule has 0 saturated carbocycles. The fourth-order valence-electron chi connectivity index (χ4n) is 3.39. The van der Waals surface area contributed by atoms with E-state index in [1.807, 2.05) is 0 Å². The van der Waals surface area contributed by atoms with Gasteiger partial charge >= 0.3 is 0 Å². The van der Waals surface area contributed by atoms with Crippen LogP contribution in [-0.2, 0) is 5.41 Å². The molecule has 1 heterocycles. The average Bonchev–Trinajstić information content (AvgIpc) is 2.46. The van der Waals surface area contributed by atoms with Crippen LogP contribution in [0.5, 0.6) is 0 Å². The van der Waals surface area contributed by atoms with Crippen LogP contribution in [0, 0.1) is 5.92 Å². The van der Waals surface area contributed by atoms with Crippen molar-refractivity contribution in [3.8, 4) is 0 Å². The maximum absolute atomic E-state index is 5.73. The number of hydrogen-bond donors (Lipinski definition) is 1. The summed E-state index contributed by atoms with van der Waals surface area (Å²) in [5.74, 6) is 0.792. The first-order chi connectivity index (χ1) is 9.91. The summed E-state index contributed by atoms with van der Waals surface area (Å²) in [6.45, 7) is 12.4. The van der Waals surface area contributed by atoms with Crippen molar-refractivity contribution in [2.75, 3.05) is 19.6 Å². The maximum Gasteiger partial charge on any atom is 0.0319 e. The van der Waals surface area contributed by atoms with Gasteiger partial charge in [-0.2, -0.15) is 0 Å². The van der Waals surface area contributed by atoms with Gasteiger partial charge in [0.05, 0.1) is 0 Å². The van der Waals surface area contributed by atoms with Gasteiger partial charge in [0.25, 0.3) is 0 Å². The molecule has 1 aromatic carbocycles. The van der Waals surface area contributed by atoms with E-state index >= 15 is 0 Å². The molecule has 21 heavy (non-hydrogen) atoms. The van der Waals surface area contributed by atoms with Gasteiger partial charge in [0.15, 0.2) is 0 Å². The number of hydrogen-bond acceptors (Lipinski definition) is 2. The lowest BCUT2D eigenvalue weighted by Gasteiger charge is -2.37. The van der Waals surface area contributed by atoms with Crippen LogP contribution in [0.3, 0.4) is 0 Å². The second-order valence-corrected chi connectivity index (χ2v) is 7.63. The summed E-state index contributed by atoms with van der Waals surface area (Å²) in [5, 5.41) is 0. The Balaban J connectivity index is 2.03. The molecule has 0 aliphatic carbocycles. The quantitative estimate of drug-likeness (QED) is 0.903. The minimum absolute atomic E-state index is 0.235. The molecule has 1 aliphatic heterocycles. The van der Waals surface area contributed by atoms with E-state index in [1.54, 1.807) is 0 Å². The number of nitrogens with zero attached hydrogens (tertiary/aromatic N) is 1. The van der Waals surface area contributed by atoms with Crippen LogP contribution in [-0.4, -0.2) is 24.5 Å². The zero-order valence-electron chi connectivity index (χ0n) is 14.2. The third-order valence-electron chi connectivity index (χ3n) is 4.93. The highest BCUT2D eigenvalue weighted by Crippen LogP contribution is 2.29. The number of piperidine rings is 1. The van der Waals surface area contributed by atoms with Gasteiger partial charge in [0.1, 0.15) is 0 Å². The molecule has 2 N–H and O–H groups in total. The van der Waals surface area contributed by atoms with E-state index in [-0.39, 0.29) is 5.41 Å². The third-order valence-corrected chi connectivity index (χ3v) is 4.93. The van der Waals surface area contributed by atoms with Crippen LogP contribution in [0.25, 0.3) is 0 Å². The molecule has 0 aromatic heterocycles. The molecule has 1 fully saturated rings. The molecule has 1 aliphatic rings. The van der Waals surface area contributed by atoms with Gasteiger partial charge in [-0.15, -0.1) is 0 Å². The van der Waals surface area contributed by atoms with Crippen molar-refractivity contribution >= 4 is 0 Å². The van der Waals surface area contributed by atoms with Crippen molar-refractivity contribution in [1.82, 2.24) is 4.90 Å². The van der Waals surface area contributed by atoms with Crippen LogP contribution in [0.15, 0.2) is 24.3 Å². The molecule has 118 valence electrons. The Morgan fingerprint density at radius 1 is 1.24 bits per heavy atom. The summed E-state index contributed by atoms with van der Waals surface area (Å²) in [7, 11) is 0. The summed E-state index contributed by atoms with van der Waals surface area (Å²) in [4.78, 5) is 2.63. The first kappa shape index (κ1) is 16.5. The third kappa shape index (κ3) is 4.31. The Hall–Kier alpha value is -0.860. The number of nitrogens with two attached hydrogens (primary N) is 1. The highest BCUT2D eigenvalue weighted by atomic mass is 15.2. The van der Waals surface area contributed by atoms with E-state index in [1.165, 1.54) is 43.5 Å². The van der Waals surface area contributed by atoms with Crippen molar-refractivity contribution in [3.05, 3.63) is 35.4 Å². The molecular weight excluding hydrogens is 256 g/mol. The van der Waals surface area contributed by atoms with Gasteiger partial charge in [0, 0.05) is 12.6 Å². The van der Waals surface area contributed by atoms with E-state index in [0.717, 1.165) is 12.5 Å². The minimum Gasteiger partial charge on any atom is -0.330 e. The average molecular weight is 288 g/mol. The molecule has 1 saturated heterocycles. The van der Waals surface area contributed by atoms with Gasteiger partial charge in [-0.05, 0) is 61.7 Å². The standard InChI is InChI=1S/C19H32N2/c1-15(21-13-5-6-16(14-21)11-12-20)17-7-9-18(10-8-17)19(2,3)4/h7-10,15-16H,5-6,11-14,20H2,1-4H3. The van der Waals surface area contributed by atoms with Crippen LogP contribution >= 0.6 is 0 Å². The maximum atomic E-state index is 5.73. The Morgan fingerprint density at radius 2 is 1.90 bits per heavy atom. The molecule has 2 rings (SSSR count). The largest absolute Gasteiger partial charge is 0.330 e. The molecule has 0 bridgehead atoms. The predicted octanol–water partition coefficient (Wildman–Crippen LogP) is 4.11. The topological polar surface area (TPSA) is 29.3 Å². The van der Waals surface area contributed by atoms with Gasteiger partial charge in [0.2, 0.25) is 0 Å². The fourth-order valence-corrected chi connectivity index (χ4v) is 3.39. The lowest BCUT2D eigenvalue weighted by Crippen LogP contribution is -2.37. The van der Waals surface area contributed by atoms with Gasteiger partial charge in [-0.3, -0.25) is 4.90 Å². The fraction of sp³-hybridized carbons (Fsp3) is 0.684. The Morgan fingerprint density at radius 3 is 2.48 bits per heavy atom. The molecule has 2 unspecified atom stereocenters. The summed E-state index contributed by atoms with van der Waals surface area (Å²) >= 11 is 0. The Labute approximate surface area is 130 Å². The zero-order valence-corrected chi connectivity index (χ0v) is 14.2. The second-order valence-electron chi connectivity index (χ2n) is 7.63. The van der Waals surface area contributed by atoms with Gasteiger partial charge in [-0.1, -0.05) is 45.0 Å². The summed E-state index contributed by atoms with van der Waals surface area (Å²) in [6.07, 6.45) is 3.84. The monoisotopic (exact) mass is 288 g/mol. The summed E-state index contributed by atoms with van der Waals surface area (Å²) in [5.41, 5.74) is 8.82. The zero-order chi connectivity index (χ0) is 15.5. The Bertz CT molecular complexity index is 428. The lowest BCUT2D eigenvalue weighted by atomic mass is 9.86. The van der Waals surface area contributed by atoms with E-state index < -0.39 is 0 Å². The molecule has 2 atom stereocenters. The lowest BCUT2D eigenvalue weighted by molar-refractivity contribution is 0.128. The molecule has 1 aromatic rings. The molecular formula is C19H32N2. The van der Waals surface area contributed by atoms with Gasteiger partial charge in [-0.25, -0.2) is 0 Å². The van der Waals surface area contributed by atoms with E-state index in [2.05, 4.69) is 56.9 Å². The van der Waals surface area contributed by atoms with E-state index in [4.69, 9.17) is 5.73 Å². The van der Waals surface area contributed by atoms with Crippen molar-refractivity contribution in [2.24, 2.45) is 11.7 Å². The summed E-state index contributed by atoms with van der Waals surface area (Å²) in [6, 6.07) is 9.75. The molecule has 2 nitrogen and oxygen atoms in total. The van der Waals surface area contributed by atoms with E-state index in [9.17, 15) is 0 Å². The second kappa shape index (κ2) is 6.93. The van der Waals surface area contributed by atoms with Crippen LogP contribution < -0.4 is 5.73 Å². The van der Waals surface area contributed by atoms with Gasteiger partial charge < -0.3 is 5.73 Å². The molecule has 0 radical (unpaired) electrons. The van der Waals surface area contributed by atoms with Crippen LogP contribution in [0.1, 0.15) is 64.1 Å². The van der Waals surface area contributed by atoms with Crippen molar-refractivity contribution in [2.45, 2.75) is 58.4 Å². The molecule has 2 heteroatoms. The number of likely N-dealkylation sites (tertiary alicyclic amines) is 1. The highest BCUT2D eigenvalue weighted by Gasteiger charge is 2.24. The summed E-state index contributed by atoms with van der Waals surface area (Å²) < 4.78 is 0. The first-order valence-corrected chi connectivity index (χ1v) is 8.46. The smallest absolute Gasteiger partial charge is 0.0319 e. The van der Waals surface area contributed by atoms with Crippen LogP contribution in [0.2, 0.25) is 0 Å².